The molecule has 0 saturated carbocycles. The number of Topliss-reactive ketones (excluding diaryl/α,β-unsaturated/α-hetero) is 1. The lowest BCUT2D eigenvalue weighted by Gasteiger charge is -2.26. The second-order valence-corrected chi connectivity index (χ2v) is 10.6. The molecule has 2 atom stereocenters. The molecule has 1 aromatic heterocycles. The first-order valence-corrected chi connectivity index (χ1v) is 14.3. The summed E-state index contributed by atoms with van der Waals surface area (Å²) in [5, 5.41) is 16.8. The van der Waals surface area contributed by atoms with Crippen LogP contribution in [-0.2, 0) is 23.8 Å². The van der Waals surface area contributed by atoms with Crippen LogP contribution in [0.5, 0.6) is 17.2 Å². The van der Waals surface area contributed by atoms with E-state index < -0.39 is 29.5 Å². The molecule has 4 aromatic rings. The number of alkyl halides is 3. The van der Waals surface area contributed by atoms with E-state index in [-0.39, 0.29) is 36.9 Å². The van der Waals surface area contributed by atoms with Gasteiger partial charge in [-0.15, -0.1) is 0 Å². The van der Waals surface area contributed by atoms with E-state index in [1.54, 1.807) is 18.2 Å². The Hall–Kier alpha value is -4.65. The fourth-order valence-electron chi connectivity index (χ4n) is 5.60. The lowest BCUT2D eigenvalue weighted by atomic mass is 9.87. The molecule has 238 valence electrons. The number of halogens is 4. The van der Waals surface area contributed by atoms with Gasteiger partial charge in [-0.2, -0.15) is 18.3 Å². The van der Waals surface area contributed by atoms with Gasteiger partial charge in [-0.05, 0) is 67.1 Å². The molecular weight excluding hydrogens is 596 g/mol. The largest absolute Gasteiger partial charge is 0.497 e. The number of aryl methyl sites for hydroxylation is 2. The van der Waals surface area contributed by atoms with Gasteiger partial charge in [0.2, 0.25) is 0 Å². The van der Waals surface area contributed by atoms with Crippen molar-refractivity contribution in [3.63, 3.8) is 0 Å². The molecule has 1 aliphatic carbocycles. The quantitative estimate of drug-likeness (QED) is 0.160. The SMILES string of the molecule is COc1cc(NC(C(=O)C2CCc3cc(OC)c(C(F)(F)F)cc3CC2)c2ccc(F)cc2OCCO)cc(-n2cncn2)c1. The number of fused-ring (bicyclic) bond motifs is 1. The molecule has 0 radical (unpaired) electrons. The predicted molar refractivity (Wildman–Crippen MR) is 156 cm³/mol. The van der Waals surface area contributed by atoms with Crippen molar-refractivity contribution in [3.05, 3.63) is 89.3 Å². The monoisotopic (exact) mass is 628 g/mol. The van der Waals surface area contributed by atoms with Gasteiger partial charge in [-0.1, -0.05) is 0 Å². The van der Waals surface area contributed by atoms with E-state index >= 15 is 0 Å². The maximum Gasteiger partial charge on any atom is 0.419 e. The third kappa shape index (κ3) is 7.19. The number of nitrogens with zero attached hydrogens (tertiary/aromatic N) is 3. The minimum Gasteiger partial charge on any atom is -0.497 e. The van der Waals surface area contributed by atoms with Crippen LogP contribution in [0.25, 0.3) is 5.69 Å². The van der Waals surface area contributed by atoms with Gasteiger partial charge in [0, 0.05) is 35.4 Å². The number of aliphatic hydroxyl groups excluding tert-OH is 1. The Bertz CT molecular complexity index is 1650. The van der Waals surface area contributed by atoms with Crippen LogP contribution < -0.4 is 19.5 Å². The van der Waals surface area contributed by atoms with E-state index in [4.69, 9.17) is 14.2 Å². The standard InChI is InChI=1S/C32H32F4N4O5/c1-43-25-15-23(14-24(16-25)40-18-37-17-38-40)39-30(26-8-7-22(33)13-28(26)45-10-9-41)31(42)19-3-5-20-11-27(32(34,35)36)29(44-2)12-21(20)6-4-19/h7-8,11-19,30,39,41H,3-6,9-10H2,1-2H3. The van der Waals surface area contributed by atoms with Crippen molar-refractivity contribution in [2.24, 2.45) is 5.92 Å². The van der Waals surface area contributed by atoms with Crippen molar-refractivity contribution in [1.29, 1.82) is 0 Å². The van der Waals surface area contributed by atoms with Crippen molar-refractivity contribution in [1.82, 2.24) is 14.8 Å². The zero-order valence-corrected chi connectivity index (χ0v) is 24.6. The molecule has 0 bridgehead atoms. The number of benzene rings is 3. The molecule has 1 aliphatic rings. The highest BCUT2D eigenvalue weighted by Gasteiger charge is 2.37. The molecule has 13 heteroatoms. The molecule has 45 heavy (non-hydrogen) atoms. The van der Waals surface area contributed by atoms with E-state index in [1.807, 2.05) is 0 Å². The third-order valence-corrected chi connectivity index (χ3v) is 7.80. The highest BCUT2D eigenvalue weighted by atomic mass is 19.4. The van der Waals surface area contributed by atoms with Crippen LogP contribution in [0, 0.1) is 11.7 Å². The maximum absolute atomic E-state index is 14.4. The van der Waals surface area contributed by atoms with E-state index in [0.717, 1.165) is 12.1 Å². The molecule has 2 N–H and O–H groups in total. The lowest BCUT2D eigenvalue weighted by Crippen LogP contribution is -2.29. The molecule has 2 unspecified atom stereocenters. The van der Waals surface area contributed by atoms with E-state index in [0.29, 0.717) is 53.1 Å². The Labute approximate surface area is 256 Å². The molecule has 0 spiro atoms. The van der Waals surface area contributed by atoms with Gasteiger partial charge in [0.25, 0.3) is 0 Å². The summed E-state index contributed by atoms with van der Waals surface area (Å²) in [4.78, 5) is 18.4. The summed E-state index contributed by atoms with van der Waals surface area (Å²) in [6, 6.07) is 10.4. The number of rotatable bonds is 11. The second-order valence-electron chi connectivity index (χ2n) is 10.6. The number of aromatic nitrogens is 3. The zero-order chi connectivity index (χ0) is 32.1. The van der Waals surface area contributed by atoms with Crippen LogP contribution in [0.1, 0.15) is 41.1 Å². The Kier molecular flexibility index (Phi) is 9.57. The van der Waals surface area contributed by atoms with Crippen LogP contribution in [-0.4, -0.2) is 53.1 Å². The highest BCUT2D eigenvalue weighted by molar-refractivity contribution is 5.91. The van der Waals surface area contributed by atoms with Gasteiger partial charge in [-0.3, -0.25) is 4.79 Å². The number of hydrogen-bond donors (Lipinski definition) is 2. The number of nitrogens with one attached hydrogen (secondary N) is 1. The summed E-state index contributed by atoms with van der Waals surface area (Å²) in [6.45, 7) is -0.460. The molecule has 0 aliphatic heterocycles. The summed E-state index contributed by atoms with van der Waals surface area (Å²) in [5.41, 5.74) is 1.76. The minimum absolute atomic E-state index is 0.0748. The molecular formula is C32H32F4N4O5. The van der Waals surface area contributed by atoms with Crippen LogP contribution in [0.2, 0.25) is 0 Å². The summed E-state index contributed by atoms with van der Waals surface area (Å²) in [7, 11) is 2.69. The van der Waals surface area contributed by atoms with Gasteiger partial charge >= 0.3 is 6.18 Å². The van der Waals surface area contributed by atoms with E-state index in [9.17, 15) is 27.5 Å². The Morgan fingerprint density at radius 3 is 2.44 bits per heavy atom. The van der Waals surface area contributed by atoms with Crippen molar-refractivity contribution in [2.75, 3.05) is 32.8 Å². The van der Waals surface area contributed by atoms with Gasteiger partial charge in [0.05, 0.1) is 32.1 Å². The van der Waals surface area contributed by atoms with Crippen LogP contribution in [0.15, 0.2) is 61.2 Å². The summed E-state index contributed by atoms with van der Waals surface area (Å²) < 4.78 is 73.2. The van der Waals surface area contributed by atoms with Gasteiger partial charge < -0.3 is 24.6 Å². The average Bonchev–Trinajstić information content (AvgIpc) is 3.49. The highest BCUT2D eigenvalue weighted by Crippen LogP contribution is 2.41. The molecule has 3 aromatic carbocycles. The van der Waals surface area contributed by atoms with Gasteiger partial charge in [0.1, 0.15) is 48.4 Å². The number of ether oxygens (including phenoxy) is 3. The van der Waals surface area contributed by atoms with Crippen molar-refractivity contribution in [2.45, 2.75) is 37.9 Å². The van der Waals surface area contributed by atoms with Crippen LogP contribution in [0.3, 0.4) is 0 Å². The normalized spacial score (nSPS) is 15.5. The minimum atomic E-state index is -4.59. The first kappa shape index (κ1) is 31.8. The lowest BCUT2D eigenvalue weighted by molar-refractivity contribution is -0.138. The fourth-order valence-corrected chi connectivity index (χ4v) is 5.60. The zero-order valence-electron chi connectivity index (χ0n) is 24.6. The number of hydrogen-bond acceptors (Lipinski definition) is 8. The number of methoxy groups -OCH3 is 2. The summed E-state index contributed by atoms with van der Waals surface area (Å²) >= 11 is 0. The molecule has 0 saturated heterocycles. The molecule has 0 fully saturated rings. The molecule has 0 amide bonds. The van der Waals surface area contributed by atoms with Crippen molar-refractivity contribution >= 4 is 11.5 Å². The van der Waals surface area contributed by atoms with E-state index in [2.05, 4.69) is 15.4 Å². The van der Waals surface area contributed by atoms with E-state index in [1.165, 1.54) is 49.8 Å². The molecule has 1 heterocycles. The topological polar surface area (TPSA) is 108 Å². The Morgan fingerprint density at radius 1 is 1.04 bits per heavy atom. The number of carbonyl (C=O) groups is 1. The average molecular weight is 629 g/mol. The molecule has 5 rings (SSSR count). The van der Waals surface area contributed by atoms with Crippen molar-refractivity contribution < 1.29 is 41.7 Å². The van der Waals surface area contributed by atoms with Crippen LogP contribution in [0.4, 0.5) is 23.2 Å². The first-order valence-electron chi connectivity index (χ1n) is 14.3. The van der Waals surface area contributed by atoms with Crippen LogP contribution >= 0.6 is 0 Å². The number of ketones is 1. The Morgan fingerprint density at radius 2 is 1.80 bits per heavy atom. The smallest absolute Gasteiger partial charge is 0.419 e. The van der Waals surface area contributed by atoms with Crippen molar-refractivity contribution in [3.8, 4) is 22.9 Å². The summed E-state index contributed by atoms with van der Waals surface area (Å²) in [5.74, 6) is -1.13. The number of carbonyl (C=O) groups excluding carboxylic acids is 1. The van der Waals surface area contributed by atoms with Gasteiger partial charge in [-0.25, -0.2) is 14.1 Å². The fraction of sp³-hybridized carbons (Fsp3) is 0.344. The number of anilines is 1. The molecule has 9 nitrogen and oxygen atoms in total. The predicted octanol–water partition coefficient (Wildman–Crippen LogP) is 5.73. The third-order valence-electron chi connectivity index (χ3n) is 7.80. The summed E-state index contributed by atoms with van der Waals surface area (Å²) in [6.07, 6.45) is -0.437. The second kappa shape index (κ2) is 13.6. The van der Waals surface area contributed by atoms with Gasteiger partial charge in [0.15, 0.2) is 5.78 Å². The first-order chi connectivity index (χ1) is 21.6. The maximum atomic E-state index is 14.4. The Balaban J connectivity index is 1.51. The number of aliphatic hydroxyl groups is 1.